The topological polar surface area (TPSA) is 42.4 Å². The minimum absolute atomic E-state index is 0.213. The number of carbonyl (C=O) groups excluding carboxylic acids is 1. The van der Waals surface area contributed by atoms with E-state index >= 15 is 0 Å². The first-order valence-electron chi connectivity index (χ1n) is 6.01. The van der Waals surface area contributed by atoms with E-state index in [9.17, 15) is 4.79 Å². The second kappa shape index (κ2) is 5.31. The summed E-state index contributed by atoms with van der Waals surface area (Å²) < 4.78 is 5.53. The number of pyridine rings is 1. The Morgan fingerprint density at radius 3 is 2.95 bits per heavy atom. The molecule has 20 heavy (non-hydrogen) atoms. The minimum Gasteiger partial charge on any atom is -0.490 e. The Bertz CT molecular complexity index is 676. The van der Waals surface area contributed by atoms with Crippen LogP contribution < -0.4 is 9.64 Å². The van der Waals surface area contributed by atoms with Crippen LogP contribution in [0.5, 0.6) is 5.75 Å². The minimum atomic E-state index is -0.213. The van der Waals surface area contributed by atoms with E-state index in [1.165, 1.54) is 12.3 Å². The second-order valence-corrected chi connectivity index (χ2v) is 5.05. The van der Waals surface area contributed by atoms with Crippen LogP contribution in [0.2, 0.25) is 10.2 Å². The fraction of sp³-hybridized carbons (Fsp3) is 0.143. The SMILES string of the molecule is O=C(c1cc(Cl)ncc1Cl)N1CCOc2ccccc21. The lowest BCUT2D eigenvalue weighted by atomic mass is 10.2. The number of benzene rings is 1. The summed E-state index contributed by atoms with van der Waals surface area (Å²) in [6, 6.07) is 8.86. The number of fused-ring (bicyclic) bond motifs is 1. The van der Waals surface area contributed by atoms with E-state index in [1.54, 1.807) is 4.90 Å². The van der Waals surface area contributed by atoms with Gasteiger partial charge in [-0.25, -0.2) is 4.98 Å². The van der Waals surface area contributed by atoms with Crippen molar-refractivity contribution in [2.45, 2.75) is 0 Å². The smallest absolute Gasteiger partial charge is 0.260 e. The molecule has 1 aliphatic heterocycles. The van der Waals surface area contributed by atoms with Gasteiger partial charge in [-0.2, -0.15) is 0 Å². The lowest BCUT2D eigenvalue weighted by Gasteiger charge is -2.29. The number of rotatable bonds is 1. The molecule has 1 aromatic heterocycles. The van der Waals surface area contributed by atoms with Crippen LogP contribution >= 0.6 is 23.2 Å². The third-order valence-electron chi connectivity index (χ3n) is 3.03. The molecule has 102 valence electrons. The zero-order valence-electron chi connectivity index (χ0n) is 10.3. The number of ether oxygens (including phenoxy) is 1. The molecule has 2 heterocycles. The van der Waals surface area contributed by atoms with Gasteiger partial charge in [-0.15, -0.1) is 0 Å². The highest BCUT2D eigenvalue weighted by molar-refractivity contribution is 6.35. The summed E-state index contributed by atoms with van der Waals surface area (Å²) in [6.07, 6.45) is 1.38. The van der Waals surface area contributed by atoms with Crippen LogP contribution in [0.25, 0.3) is 0 Å². The zero-order chi connectivity index (χ0) is 14.1. The molecule has 1 aromatic carbocycles. The Hall–Kier alpha value is -1.78. The van der Waals surface area contributed by atoms with Gasteiger partial charge in [0.25, 0.3) is 5.91 Å². The Morgan fingerprint density at radius 1 is 1.30 bits per heavy atom. The number of carbonyl (C=O) groups is 1. The van der Waals surface area contributed by atoms with Gasteiger partial charge in [0.15, 0.2) is 0 Å². The van der Waals surface area contributed by atoms with Crippen molar-refractivity contribution in [2.75, 3.05) is 18.1 Å². The quantitative estimate of drug-likeness (QED) is 0.758. The molecule has 1 aliphatic rings. The number of nitrogens with zero attached hydrogens (tertiary/aromatic N) is 2. The molecule has 1 amide bonds. The van der Waals surface area contributed by atoms with Gasteiger partial charge in [-0.3, -0.25) is 4.79 Å². The van der Waals surface area contributed by atoms with Gasteiger partial charge in [0.1, 0.15) is 17.5 Å². The molecule has 0 spiro atoms. The van der Waals surface area contributed by atoms with E-state index in [1.807, 2.05) is 24.3 Å². The average Bonchev–Trinajstić information content (AvgIpc) is 2.48. The third kappa shape index (κ3) is 2.32. The number of anilines is 1. The van der Waals surface area contributed by atoms with Gasteiger partial charge in [0.2, 0.25) is 0 Å². The fourth-order valence-corrected chi connectivity index (χ4v) is 2.45. The molecule has 0 N–H and O–H groups in total. The normalized spacial score (nSPS) is 13.6. The van der Waals surface area contributed by atoms with Crippen LogP contribution in [0.3, 0.4) is 0 Å². The Kier molecular flexibility index (Phi) is 3.51. The lowest BCUT2D eigenvalue weighted by Crippen LogP contribution is -2.38. The number of halogens is 2. The van der Waals surface area contributed by atoms with Gasteiger partial charge in [0, 0.05) is 6.20 Å². The van der Waals surface area contributed by atoms with Crippen molar-refractivity contribution in [1.82, 2.24) is 4.98 Å². The maximum absolute atomic E-state index is 12.6. The molecule has 0 atom stereocenters. The van der Waals surface area contributed by atoms with Crippen molar-refractivity contribution in [1.29, 1.82) is 0 Å². The first kappa shape index (κ1) is 13.2. The van der Waals surface area contributed by atoms with Crippen LogP contribution in [0, 0.1) is 0 Å². The highest BCUT2D eigenvalue weighted by Crippen LogP contribution is 2.33. The summed E-state index contributed by atoms with van der Waals surface area (Å²) in [5.74, 6) is 0.471. The Morgan fingerprint density at radius 2 is 2.10 bits per heavy atom. The molecule has 2 aromatic rings. The molecule has 4 nitrogen and oxygen atoms in total. The molecule has 0 fully saturated rings. The Labute approximate surface area is 125 Å². The Balaban J connectivity index is 2.02. The van der Waals surface area contributed by atoms with E-state index in [-0.39, 0.29) is 16.1 Å². The van der Waals surface area contributed by atoms with Gasteiger partial charge in [-0.05, 0) is 18.2 Å². The van der Waals surface area contributed by atoms with Crippen LogP contribution in [0.1, 0.15) is 10.4 Å². The highest BCUT2D eigenvalue weighted by Gasteiger charge is 2.26. The van der Waals surface area contributed by atoms with Gasteiger partial charge < -0.3 is 9.64 Å². The number of aromatic nitrogens is 1. The van der Waals surface area contributed by atoms with Crippen molar-refractivity contribution in [3.63, 3.8) is 0 Å². The molecule has 0 bridgehead atoms. The molecule has 0 saturated heterocycles. The van der Waals surface area contributed by atoms with Crippen LogP contribution in [0.4, 0.5) is 5.69 Å². The molecular formula is C14H10Cl2N2O2. The number of para-hydroxylation sites is 2. The average molecular weight is 309 g/mol. The van der Waals surface area contributed by atoms with Crippen molar-refractivity contribution in [3.8, 4) is 5.75 Å². The highest BCUT2D eigenvalue weighted by atomic mass is 35.5. The predicted molar refractivity (Wildman–Crippen MR) is 77.9 cm³/mol. The zero-order valence-corrected chi connectivity index (χ0v) is 11.9. The first-order chi connectivity index (χ1) is 9.66. The molecule has 0 aliphatic carbocycles. The van der Waals surface area contributed by atoms with Crippen molar-refractivity contribution in [3.05, 3.63) is 52.3 Å². The predicted octanol–water partition coefficient (Wildman–Crippen LogP) is 3.43. The van der Waals surface area contributed by atoms with Crippen molar-refractivity contribution >= 4 is 34.8 Å². The van der Waals surface area contributed by atoms with Gasteiger partial charge >= 0.3 is 0 Å². The summed E-state index contributed by atoms with van der Waals surface area (Å²) in [4.78, 5) is 18.1. The lowest BCUT2D eigenvalue weighted by molar-refractivity contribution is 0.0976. The first-order valence-corrected chi connectivity index (χ1v) is 6.77. The summed E-state index contributed by atoms with van der Waals surface area (Å²) in [6.45, 7) is 0.908. The van der Waals surface area contributed by atoms with E-state index in [4.69, 9.17) is 27.9 Å². The van der Waals surface area contributed by atoms with Crippen molar-refractivity contribution in [2.24, 2.45) is 0 Å². The monoisotopic (exact) mass is 308 g/mol. The third-order valence-corrected chi connectivity index (χ3v) is 3.53. The molecule has 6 heteroatoms. The molecule has 3 rings (SSSR count). The molecule has 0 saturated carbocycles. The summed E-state index contributed by atoms with van der Waals surface area (Å²) in [7, 11) is 0. The van der Waals surface area contributed by atoms with Gasteiger partial charge in [-0.1, -0.05) is 35.3 Å². The molecule has 0 unspecified atom stereocenters. The van der Waals surface area contributed by atoms with Crippen molar-refractivity contribution < 1.29 is 9.53 Å². The number of amides is 1. The van der Waals surface area contributed by atoms with Crippen LogP contribution in [-0.4, -0.2) is 24.0 Å². The van der Waals surface area contributed by atoms with E-state index in [0.717, 1.165) is 5.69 Å². The summed E-state index contributed by atoms with van der Waals surface area (Å²) in [5, 5.41) is 0.516. The second-order valence-electron chi connectivity index (χ2n) is 4.26. The van der Waals surface area contributed by atoms with Gasteiger partial charge in [0.05, 0.1) is 22.8 Å². The van der Waals surface area contributed by atoms with E-state index in [2.05, 4.69) is 4.98 Å². The van der Waals surface area contributed by atoms with E-state index in [0.29, 0.717) is 24.5 Å². The molecular weight excluding hydrogens is 299 g/mol. The van der Waals surface area contributed by atoms with E-state index < -0.39 is 0 Å². The maximum Gasteiger partial charge on any atom is 0.260 e. The maximum atomic E-state index is 12.6. The molecule has 0 radical (unpaired) electrons. The number of hydrogen-bond donors (Lipinski definition) is 0. The number of hydrogen-bond acceptors (Lipinski definition) is 3. The standard InChI is InChI=1S/C14H10Cl2N2O2/c15-10-8-17-13(16)7-9(10)14(19)18-5-6-20-12-4-2-1-3-11(12)18/h1-4,7-8H,5-6H2. The van der Waals surface area contributed by atoms with Crippen LogP contribution in [0.15, 0.2) is 36.5 Å². The summed E-state index contributed by atoms with van der Waals surface area (Å²) in [5.41, 5.74) is 1.07. The fourth-order valence-electron chi connectivity index (χ4n) is 2.10. The van der Waals surface area contributed by atoms with Crippen LogP contribution in [-0.2, 0) is 0 Å². The summed E-state index contributed by atoms with van der Waals surface area (Å²) >= 11 is 11.9. The largest absolute Gasteiger partial charge is 0.490 e.